The van der Waals surface area contributed by atoms with Crippen molar-refractivity contribution in [3.63, 3.8) is 0 Å². The fraction of sp³-hybridized carbons (Fsp3) is 0.0714. The Labute approximate surface area is 99.2 Å². The molecule has 2 aromatic carbocycles. The van der Waals surface area contributed by atoms with Gasteiger partial charge in [-0.3, -0.25) is 0 Å². The summed E-state index contributed by atoms with van der Waals surface area (Å²) in [4.78, 5) is 10.7. The van der Waals surface area contributed by atoms with Crippen molar-refractivity contribution < 1.29 is 9.90 Å². The van der Waals surface area contributed by atoms with Gasteiger partial charge in [0.2, 0.25) is 0 Å². The van der Waals surface area contributed by atoms with E-state index < -0.39 is 5.97 Å². The van der Waals surface area contributed by atoms with Crippen LogP contribution in [0.4, 0.5) is 5.69 Å². The SMILES string of the molecule is CC(=Cc1ccc2cc(N)ccc2c1)C(=O)O. The summed E-state index contributed by atoms with van der Waals surface area (Å²) in [5, 5.41) is 10.9. The molecule has 86 valence electrons. The van der Waals surface area contributed by atoms with E-state index in [1.165, 1.54) is 0 Å². The highest BCUT2D eigenvalue weighted by Crippen LogP contribution is 2.20. The minimum atomic E-state index is -0.901. The predicted molar refractivity (Wildman–Crippen MR) is 69.6 cm³/mol. The molecule has 3 N–H and O–H groups in total. The molecule has 0 heterocycles. The van der Waals surface area contributed by atoms with Gasteiger partial charge in [-0.05, 0) is 47.5 Å². The van der Waals surface area contributed by atoms with Gasteiger partial charge in [0.1, 0.15) is 0 Å². The molecule has 0 fully saturated rings. The average molecular weight is 227 g/mol. The van der Waals surface area contributed by atoms with Gasteiger partial charge in [0.05, 0.1) is 0 Å². The maximum Gasteiger partial charge on any atom is 0.331 e. The molecule has 0 aliphatic heterocycles. The Kier molecular flexibility index (Phi) is 2.83. The summed E-state index contributed by atoms with van der Waals surface area (Å²) in [5.74, 6) is -0.901. The number of benzene rings is 2. The van der Waals surface area contributed by atoms with Gasteiger partial charge in [0, 0.05) is 11.3 Å². The Hall–Kier alpha value is -2.29. The van der Waals surface area contributed by atoms with Crippen LogP contribution in [0.3, 0.4) is 0 Å². The second-order valence-corrected chi connectivity index (χ2v) is 4.00. The molecule has 0 amide bonds. The average Bonchev–Trinajstić information content (AvgIpc) is 2.29. The standard InChI is InChI=1S/C14H13NO2/c1-9(14(16)17)6-10-2-3-12-8-13(15)5-4-11(12)7-10/h2-8H,15H2,1H3,(H,16,17). The number of carbonyl (C=O) groups is 1. The van der Waals surface area contributed by atoms with Crippen LogP contribution in [0.1, 0.15) is 12.5 Å². The van der Waals surface area contributed by atoms with Crippen LogP contribution in [0, 0.1) is 0 Å². The lowest BCUT2D eigenvalue weighted by Gasteiger charge is -2.02. The summed E-state index contributed by atoms with van der Waals surface area (Å²) in [7, 11) is 0. The lowest BCUT2D eigenvalue weighted by molar-refractivity contribution is -0.132. The topological polar surface area (TPSA) is 63.3 Å². The number of carboxylic acid groups (broad SMARTS) is 1. The summed E-state index contributed by atoms with van der Waals surface area (Å²) in [6, 6.07) is 11.4. The van der Waals surface area contributed by atoms with Crippen LogP contribution in [0.25, 0.3) is 16.8 Å². The molecule has 0 spiro atoms. The molecule has 2 rings (SSSR count). The molecular weight excluding hydrogens is 214 g/mol. The van der Waals surface area contributed by atoms with E-state index in [0.717, 1.165) is 22.0 Å². The number of hydrogen-bond donors (Lipinski definition) is 2. The van der Waals surface area contributed by atoms with E-state index in [1.54, 1.807) is 13.0 Å². The maximum atomic E-state index is 10.7. The molecule has 0 aliphatic carbocycles. The van der Waals surface area contributed by atoms with E-state index in [-0.39, 0.29) is 0 Å². The number of nitrogen functional groups attached to an aromatic ring is 1. The molecule has 3 nitrogen and oxygen atoms in total. The second kappa shape index (κ2) is 4.29. The normalized spacial score (nSPS) is 11.7. The van der Waals surface area contributed by atoms with Crippen LogP contribution < -0.4 is 5.73 Å². The molecule has 0 unspecified atom stereocenters. The van der Waals surface area contributed by atoms with Crippen molar-refractivity contribution in [2.24, 2.45) is 0 Å². The first kappa shape index (κ1) is 11.2. The number of carboxylic acids is 1. The van der Waals surface area contributed by atoms with Gasteiger partial charge >= 0.3 is 5.97 Å². The van der Waals surface area contributed by atoms with Crippen LogP contribution >= 0.6 is 0 Å². The Bertz CT molecular complexity index is 615. The van der Waals surface area contributed by atoms with Gasteiger partial charge in [-0.15, -0.1) is 0 Å². The summed E-state index contributed by atoms with van der Waals surface area (Å²) >= 11 is 0. The minimum absolute atomic E-state index is 0.319. The predicted octanol–water partition coefficient (Wildman–Crippen LogP) is 2.91. The third kappa shape index (κ3) is 2.45. The minimum Gasteiger partial charge on any atom is -0.478 e. The summed E-state index contributed by atoms with van der Waals surface area (Å²) in [6.45, 7) is 1.58. The first-order valence-corrected chi connectivity index (χ1v) is 5.27. The van der Waals surface area contributed by atoms with E-state index in [4.69, 9.17) is 10.8 Å². The summed E-state index contributed by atoms with van der Waals surface area (Å²) in [5.41, 5.74) is 7.61. The maximum absolute atomic E-state index is 10.7. The van der Waals surface area contributed by atoms with E-state index in [1.807, 2.05) is 36.4 Å². The molecule has 0 saturated carbocycles. The van der Waals surface area contributed by atoms with Crippen molar-refractivity contribution in [3.8, 4) is 0 Å². The zero-order valence-electron chi connectivity index (χ0n) is 9.47. The van der Waals surface area contributed by atoms with E-state index in [0.29, 0.717) is 5.57 Å². The fourth-order valence-corrected chi connectivity index (χ4v) is 1.68. The van der Waals surface area contributed by atoms with E-state index in [2.05, 4.69) is 0 Å². The summed E-state index contributed by atoms with van der Waals surface area (Å²) < 4.78 is 0. The van der Waals surface area contributed by atoms with Crippen molar-refractivity contribution in [1.29, 1.82) is 0 Å². The third-order valence-corrected chi connectivity index (χ3v) is 2.61. The lowest BCUT2D eigenvalue weighted by atomic mass is 10.0. The third-order valence-electron chi connectivity index (χ3n) is 2.61. The molecule has 0 aromatic heterocycles. The second-order valence-electron chi connectivity index (χ2n) is 4.00. The van der Waals surface area contributed by atoms with Crippen LogP contribution in [0.2, 0.25) is 0 Å². The number of rotatable bonds is 2. The first-order valence-electron chi connectivity index (χ1n) is 5.27. The monoisotopic (exact) mass is 227 g/mol. The summed E-state index contributed by atoms with van der Waals surface area (Å²) in [6.07, 6.45) is 1.65. The van der Waals surface area contributed by atoms with Gasteiger partial charge < -0.3 is 10.8 Å². The largest absolute Gasteiger partial charge is 0.478 e. The number of hydrogen-bond acceptors (Lipinski definition) is 2. The number of aliphatic carboxylic acids is 1. The molecule has 0 bridgehead atoms. The highest BCUT2D eigenvalue weighted by molar-refractivity contribution is 5.93. The molecule has 3 heteroatoms. The molecule has 0 radical (unpaired) electrons. The van der Waals surface area contributed by atoms with Gasteiger partial charge in [-0.25, -0.2) is 4.79 Å². The Balaban J connectivity index is 2.49. The molecule has 0 atom stereocenters. The van der Waals surface area contributed by atoms with Crippen LogP contribution in [0.15, 0.2) is 42.0 Å². The lowest BCUT2D eigenvalue weighted by Crippen LogP contribution is -1.95. The van der Waals surface area contributed by atoms with Crippen molar-refractivity contribution in [2.75, 3.05) is 5.73 Å². The van der Waals surface area contributed by atoms with Crippen molar-refractivity contribution >= 4 is 28.5 Å². The molecule has 17 heavy (non-hydrogen) atoms. The zero-order chi connectivity index (χ0) is 12.4. The zero-order valence-corrected chi connectivity index (χ0v) is 9.47. The van der Waals surface area contributed by atoms with Gasteiger partial charge in [-0.2, -0.15) is 0 Å². The van der Waals surface area contributed by atoms with Crippen molar-refractivity contribution in [1.82, 2.24) is 0 Å². The molecular formula is C14H13NO2. The highest BCUT2D eigenvalue weighted by Gasteiger charge is 2.01. The van der Waals surface area contributed by atoms with E-state index in [9.17, 15) is 4.79 Å². The number of nitrogens with two attached hydrogens (primary N) is 1. The molecule has 0 saturated heterocycles. The van der Waals surface area contributed by atoms with Gasteiger partial charge in [0.15, 0.2) is 0 Å². The van der Waals surface area contributed by atoms with Gasteiger partial charge in [0.25, 0.3) is 0 Å². The van der Waals surface area contributed by atoms with Crippen LogP contribution in [-0.4, -0.2) is 11.1 Å². The number of fused-ring (bicyclic) bond motifs is 1. The van der Waals surface area contributed by atoms with Crippen molar-refractivity contribution in [3.05, 3.63) is 47.5 Å². The highest BCUT2D eigenvalue weighted by atomic mass is 16.4. The Morgan fingerprint density at radius 1 is 1.18 bits per heavy atom. The fourth-order valence-electron chi connectivity index (χ4n) is 1.68. The van der Waals surface area contributed by atoms with Crippen molar-refractivity contribution in [2.45, 2.75) is 6.92 Å². The molecule has 2 aromatic rings. The van der Waals surface area contributed by atoms with Crippen LogP contribution in [-0.2, 0) is 4.79 Å². The van der Waals surface area contributed by atoms with Crippen LogP contribution in [0.5, 0.6) is 0 Å². The van der Waals surface area contributed by atoms with E-state index >= 15 is 0 Å². The smallest absolute Gasteiger partial charge is 0.331 e. The molecule has 0 aliphatic rings. The Morgan fingerprint density at radius 3 is 2.53 bits per heavy atom. The first-order chi connectivity index (χ1) is 8.06. The van der Waals surface area contributed by atoms with Gasteiger partial charge in [-0.1, -0.05) is 18.2 Å². The number of anilines is 1. The Morgan fingerprint density at radius 2 is 1.82 bits per heavy atom. The quantitative estimate of drug-likeness (QED) is 0.612.